The first-order valence-corrected chi connectivity index (χ1v) is 12.7. The number of likely N-dealkylation sites (tertiary alicyclic amines) is 1. The molecule has 5 nitrogen and oxygen atoms in total. The number of alkyl halides is 3. The van der Waals surface area contributed by atoms with Crippen molar-refractivity contribution in [2.24, 2.45) is 5.92 Å². The number of hydrogen-bond acceptors (Lipinski definition) is 4. The molecule has 1 fully saturated rings. The Bertz CT molecular complexity index is 1180. The lowest BCUT2D eigenvalue weighted by molar-refractivity contribution is -0.0864. The van der Waals surface area contributed by atoms with Crippen LogP contribution in [0.2, 0.25) is 0 Å². The minimum Gasteiger partial charge on any atom is -0.390 e. The molecule has 0 saturated carbocycles. The maximum Gasteiger partial charge on any atom is 0.283 e. The van der Waals surface area contributed by atoms with Gasteiger partial charge in [-0.25, -0.2) is 8.78 Å². The van der Waals surface area contributed by atoms with Gasteiger partial charge in [-0.1, -0.05) is 42.5 Å². The summed E-state index contributed by atoms with van der Waals surface area (Å²) in [6, 6.07) is 15.0. The van der Waals surface area contributed by atoms with E-state index in [9.17, 15) is 23.4 Å². The molecule has 0 amide bonds. The highest BCUT2D eigenvalue weighted by Gasteiger charge is 2.41. The first kappa shape index (κ1) is 25.3. The molecule has 1 saturated heterocycles. The lowest BCUT2D eigenvalue weighted by atomic mass is 9.86. The fourth-order valence-electron chi connectivity index (χ4n) is 5.85. The molecule has 5 rings (SSSR count). The van der Waals surface area contributed by atoms with Crippen LogP contribution in [0.1, 0.15) is 47.9 Å². The van der Waals surface area contributed by atoms with Crippen molar-refractivity contribution in [3.63, 3.8) is 0 Å². The molecular formula is C28H34F3N3O2. The third kappa shape index (κ3) is 4.79. The number of halogens is 3. The number of H-pyrrole nitrogens is 1. The topological polar surface area (TPSA) is 62.7 Å². The van der Waals surface area contributed by atoms with E-state index in [0.717, 1.165) is 46.4 Å². The minimum absolute atomic E-state index is 0.102. The van der Waals surface area contributed by atoms with Crippen LogP contribution in [-0.4, -0.2) is 76.4 Å². The Hall–Kier alpha value is -2.39. The van der Waals surface area contributed by atoms with Gasteiger partial charge in [-0.3, -0.25) is 9.29 Å². The van der Waals surface area contributed by atoms with Crippen molar-refractivity contribution in [3.8, 4) is 0 Å². The van der Waals surface area contributed by atoms with Gasteiger partial charge in [0.25, 0.3) is 5.92 Å². The van der Waals surface area contributed by atoms with Gasteiger partial charge in [-0.05, 0) is 42.5 Å². The number of hydrogen-bond donors (Lipinski definition) is 3. The Labute approximate surface area is 209 Å². The van der Waals surface area contributed by atoms with Crippen LogP contribution in [0.15, 0.2) is 48.5 Å². The van der Waals surface area contributed by atoms with Gasteiger partial charge in [0.2, 0.25) is 0 Å². The average Bonchev–Trinajstić information content (AvgIpc) is 3.21. The third-order valence-electron chi connectivity index (χ3n) is 7.80. The highest BCUT2D eigenvalue weighted by atomic mass is 19.3. The van der Waals surface area contributed by atoms with Crippen molar-refractivity contribution >= 4 is 10.9 Å². The molecule has 1 aromatic heterocycles. The molecule has 2 aliphatic rings. The minimum atomic E-state index is -3.22. The van der Waals surface area contributed by atoms with E-state index in [1.807, 2.05) is 49.4 Å². The molecule has 3 atom stereocenters. The summed E-state index contributed by atoms with van der Waals surface area (Å²) in [6.07, 6.45) is 0.526. The molecular weight excluding hydrogens is 467 g/mol. The lowest BCUT2D eigenvalue weighted by Crippen LogP contribution is -2.49. The number of nitrogens with one attached hydrogen (secondary N) is 1. The number of benzene rings is 2. The summed E-state index contributed by atoms with van der Waals surface area (Å²) >= 11 is 0. The Morgan fingerprint density at radius 3 is 2.53 bits per heavy atom. The van der Waals surface area contributed by atoms with Gasteiger partial charge in [-0.2, -0.15) is 0 Å². The van der Waals surface area contributed by atoms with Crippen molar-refractivity contribution in [3.05, 3.63) is 70.9 Å². The van der Waals surface area contributed by atoms with E-state index in [4.69, 9.17) is 0 Å². The molecule has 0 aliphatic carbocycles. The summed E-state index contributed by atoms with van der Waals surface area (Å²) < 4.78 is 41.3. The summed E-state index contributed by atoms with van der Waals surface area (Å²) in [6.45, 7) is 2.07. The monoisotopic (exact) mass is 501 g/mol. The maximum atomic E-state index is 14.4. The first-order valence-electron chi connectivity index (χ1n) is 12.7. The van der Waals surface area contributed by atoms with Crippen LogP contribution in [-0.2, 0) is 6.42 Å². The van der Waals surface area contributed by atoms with Crippen LogP contribution in [0.25, 0.3) is 10.9 Å². The van der Waals surface area contributed by atoms with E-state index in [2.05, 4.69) is 16.0 Å². The number of rotatable bonds is 9. The third-order valence-corrected chi connectivity index (χ3v) is 7.80. The van der Waals surface area contributed by atoms with Crippen LogP contribution in [0, 0.1) is 5.92 Å². The van der Waals surface area contributed by atoms with Gasteiger partial charge in [0.05, 0.1) is 25.4 Å². The highest BCUT2D eigenvalue weighted by Crippen LogP contribution is 2.42. The Morgan fingerprint density at radius 1 is 1.11 bits per heavy atom. The molecule has 0 bridgehead atoms. The Morgan fingerprint density at radius 2 is 1.83 bits per heavy atom. The number of nitrogens with zero attached hydrogens (tertiary/aromatic N) is 2. The van der Waals surface area contributed by atoms with Crippen LogP contribution in [0.5, 0.6) is 0 Å². The molecule has 0 radical (unpaired) electrons. The first-order chi connectivity index (χ1) is 17.3. The second-order valence-electron chi connectivity index (χ2n) is 10.4. The van der Waals surface area contributed by atoms with E-state index in [0.29, 0.717) is 19.4 Å². The zero-order valence-electron chi connectivity index (χ0n) is 20.5. The number of aliphatic hydroxyl groups excluding tert-OH is 2. The number of aliphatic hydroxyl groups is 2. The molecule has 0 spiro atoms. The molecule has 0 unspecified atom stereocenters. The van der Waals surface area contributed by atoms with E-state index in [1.165, 1.54) is 0 Å². The SMILES string of the molecule is C[C@@H]1Cc2c([nH]c3ccccc23)[C@@H](c2ccc([C@H](O)C3CN(CCCF)C3)cc2)N1CC(F)(F)CO. The van der Waals surface area contributed by atoms with Gasteiger partial charge in [0.15, 0.2) is 0 Å². The van der Waals surface area contributed by atoms with Gasteiger partial charge in [0, 0.05) is 48.2 Å². The summed E-state index contributed by atoms with van der Waals surface area (Å²) in [7, 11) is 0. The zero-order chi connectivity index (χ0) is 25.4. The molecule has 2 aromatic carbocycles. The van der Waals surface area contributed by atoms with Gasteiger partial charge < -0.3 is 20.1 Å². The maximum absolute atomic E-state index is 14.4. The second kappa shape index (κ2) is 10.2. The van der Waals surface area contributed by atoms with E-state index in [1.54, 1.807) is 4.90 Å². The van der Waals surface area contributed by atoms with Crippen molar-refractivity contribution < 1.29 is 23.4 Å². The average molecular weight is 502 g/mol. The molecule has 3 heterocycles. The number of aromatic amines is 1. The van der Waals surface area contributed by atoms with Gasteiger partial charge in [-0.15, -0.1) is 0 Å². The van der Waals surface area contributed by atoms with Crippen LogP contribution in [0.4, 0.5) is 13.2 Å². The zero-order valence-corrected chi connectivity index (χ0v) is 20.5. The van der Waals surface area contributed by atoms with Gasteiger partial charge >= 0.3 is 0 Å². The van der Waals surface area contributed by atoms with Gasteiger partial charge in [0.1, 0.15) is 6.61 Å². The molecule has 194 valence electrons. The van der Waals surface area contributed by atoms with E-state index >= 15 is 0 Å². The summed E-state index contributed by atoms with van der Waals surface area (Å²) in [5.74, 6) is -3.12. The largest absolute Gasteiger partial charge is 0.390 e. The number of fused-ring (bicyclic) bond motifs is 3. The second-order valence-corrected chi connectivity index (χ2v) is 10.4. The van der Waals surface area contributed by atoms with Crippen molar-refractivity contribution in [1.82, 2.24) is 14.8 Å². The van der Waals surface area contributed by atoms with E-state index < -0.39 is 31.2 Å². The predicted octanol–water partition coefficient (Wildman–Crippen LogP) is 4.46. The Balaban J connectivity index is 1.44. The van der Waals surface area contributed by atoms with Crippen molar-refractivity contribution in [2.75, 3.05) is 39.5 Å². The molecule has 3 aromatic rings. The summed E-state index contributed by atoms with van der Waals surface area (Å²) in [4.78, 5) is 7.40. The number of aromatic nitrogens is 1. The lowest BCUT2D eigenvalue weighted by Gasteiger charge is -2.43. The molecule has 3 N–H and O–H groups in total. The highest BCUT2D eigenvalue weighted by molar-refractivity contribution is 5.85. The van der Waals surface area contributed by atoms with Crippen LogP contribution < -0.4 is 0 Å². The predicted molar refractivity (Wildman–Crippen MR) is 134 cm³/mol. The van der Waals surface area contributed by atoms with Crippen LogP contribution >= 0.6 is 0 Å². The molecule has 36 heavy (non-hydrogen) atoms. The number of para-hydroxylation sites is 1. The van der Waals surface area contributed by atoms with Crippen molar-refractivity contribution in [2.45, 2.75) is 43.9 Å². The quantitative estimate of drug-likeness (QED) is 0.405. The summed E-state index contributed by atoms with van der Waals surface area (Å²) in [5, 5.41) is 21.3. The summed E-state index contributed by atoms with van der Waals surface area (Å²) in [5.41, 5.74) is 4.67. The molecule has 2 aliphatic heterocycles. The fraction of sp³-hybridized carbons (Fsp3) is 0.500. The van der Waals surface area contributed by atoms with E-state index in [-0.39, 0.29) is 18.6 Å². The normalized spacial score (nSPS) is 22.5. The fourth-order valence-corrected chi connectivity index (χ4v) is 5.85. The smallest absolute Gasteiger partial charge is 0.283 e. The van der Waals surface area contributed by atoms with Crippen molar-refractivity contribution in [1.29, 1.82) is 0 Å². The van der Waals surface area contributed by atoms with Crippen LogP contribution in [0.3, 0.4) is 0 Å². The molecule has 8 heteroatoms. The standard InChI is InChI=1S/C28H34F3N3O2/c1-18-13-23-22-5-2-3-6-24(22)32-25(23)26(34(18)16-28(30,31)17-35)19-7-9-20(10-8-19)27(36)21-14-33(15-21)12-4-11-29/h2-3,5-10,18,21,26-27,32,35-36H,4,11-17H2,1H3/t18-,26-,27+/m1/s1. The Kier molecular flexibility index (Phi) is 7.14.